The van der Waals surface area contributed by atoms with Gasteiger partial charge in [0.25, 0.3) is 5.91 Å². The van der Waals surface area contributed by atoms with Crippen LogP contribution in [0.15, 0.2) is 10.9 Å². The van der Waals surface area contributed by atoms with Crippen LogP contribution in [0.5, 0.6) is 0 Å². The van der Waals surface area contributed by atoms with E-state index in [1.54, 1.807) is 0 Å². The third kappa shape index (κ3) is 2.28. The van der Waals surface area contributed by atoms with E-state index in [2.05, 4.69) is 25.9 Å². The molecule has 11 heteroatoms. The lowest BCUT2D eigenvalue weighted by Crippen LogP contribution is -2.33. The number of amides is 1. The first-order valence-corrected chi connectivity index (χ1v) is 7.39. The van der Waals surface area contributed by atoms with E-state index in [0.29, 0.717) is 0 Å². The van der Waals surface area contributed by atoms with Gasteiger partial charge in [-0.05, 0) is 15.9 Å². The number of primary amides is 1. The van der Waals surface area contributed by atoms with Crippen molar-refractivity contribution < 1.29 is 24.9 Å². The minimum Gasteiger partial charge on any atom is -0.394 e. The van der Waals surface area contributed by atoms with Gasteiger partial charge in [-0.25, -0.2) is 9.97 Å². The number of fused-ring (bicyclic) bond motifs is 1. The van der Waals surface area contributed by atoms with E-state index in [0.717, 1.165) is 0 Å². The Balaban J connectivity index is 2.25. The molecule has 0 aromatic carbocycles. The van der Waals surface area contributed by atoms with Crippen LogP contribution in [0.25, 0.3) is 11.0 Å². The Kier molecular flexibility index (Phi) is 3.98. The minimum atomic E-state index is -1.35. The molecule has 0 aliphatic carbocycles. The van der Waals surface area contributed by atoms with Crippen LogP contribution in [0.4, 0.5) is 5.82 Å². The number of hydrogen-bond donors (Lipinski definition) is 5. The molecule has 0 saturated carbocycles. The van der Waals surface area contributed by atoms with Gasteiger partial charge in [0.15, 0.2) is 6.23 Å². The highest BCUT2D eigenvalue weighted by atomic mass is 79.9. The lowest BCUT2D eigenvalue weighted by atomic mass is 10.1. The maximum absolute atomic E-state index is 11.8. The van der Waals surface area contributed by atoms with Gasteiger partial charge in [-0.15, -0.1) is 0 Å². The van der Waals surface area contributed by atoms with Crippen molar-refractivity contribution in [2.75, 3.05) is 12.3 Å². The Morgan fingerprint density at radius 3 is 2.65 bits per heavy atom. The summed E-state index contributed by atoms with van der Waals surface area (Å²) >= 11 is 3.23. The summed E-state index contributed by atoms with van der Waals surface area (Å²) in [5, 5.41) is 29.5. The van der Waals surface area contributed by atoms with E-state index in [1.165, 1.54) is 10.9 Å². The van der Waals surface area contributed by atoms with Gasteiger partial charge in [0, 0.05) is 0 Å². The average Bonchev–Trinajstić information content (AvgIpc) is 2.95. The highest BCUT2D eigenvalue weighted by Crippen LogP contribution is 2.39. The van der Waals surface area contributed by atoms with Gasteiger partial charge in [-0.2, -0.15) is 0 Å². The molecule has 23 heavy (non-hydrogen) atoms. The zero-order valence-electron chi connectivity index (χ0n) is 11.6. The van der Waals surface area contributed by atoms with E-state index < -0.39 is 37.1 Å². The number of halogens is 1. The van der Waals surface area contributed by atoms with Crippen LogP contribution in [0.1, 0.15) is 16.6 Å². The van der Waals surface area contributed by atoms with E-state index >= 15 is 0 Å². The molecule has 1 aliphatic heterocycles. The van der Waals surface area contributed by atoms with Crippen molar-refractivity contribution in [1.82, 2.24) is 14.5 Å². The number of carbonyl (C=O) groups excluding carboxylic acids is 1. The number of ether oxygens (including phenoxy) is 1. The van der Waals surface area contributed by atoms with Crippen molar-refractivity contribution in [2.45, 2.75) is 24.5 Å². The molecule has 1 amide bonds. The van der Waals surface area contributed by atoms with Gasteiger partial charge < -0.3 is 31.5 Å². The van der Waals surface area contributed by atoms with Crippen molar-refractivity contribution in [3.63, 3.8) is 0 Å². The number of aliphatic hydroxyl groups is 3. The Labute approximate surface area is 137 Å². The SMILES string of the molecule is NC(=O)c1c(Br)n([C@H]2O[C@@H](CO)C(O)[C@H]2O)c2ncnc(N)c12. The van der Waals surface area contributed by atoms with Crippen LogP contribution < -0.4 is 11.5 Å². The molecular weight excluding hydrogens is 374 g/mol. The fraction of sp³-hybridized carbons (Fsp3) is 0.417. The third-order valence-corrected chi connectivity index (χ3v) is 4.55. The number of aromatic nitrogens is 3. The molecular formula is C12H14BrN5O5. The molecule has 7 N–H and O–H groups in total. The second-order valence-corrected chi connectivity index (χ2v) is 5.84. The summed E-state index contributed by atoms with van der Waals surface area (Å²) in [5.74, 6) is -0.733. The van der Waals surface area contributed by atoms with Crippen LogP contribution in [0.2, 0.25) is 0 Å². The molecule has 0 spiro atoms. The van der Waals surface area contributed by atoms with Crippen LogP contribution in [0, 0.1) is 0 Å². The van der Waals surface area contributed by atoms with Crippen molar-refractivity contribution in [3.8, 4) is 0 Å². The lowest BCUT2D eigenvalue weighted by Gasteiger charge is -2.18. The fourth-order valence-corrected chi connectivity index (χ4v) is 3.44. The Bertz CT molecular complexity index is 781. The fourth-order valence-electron chi connectivity index (χ4n) is 2.68. The molecule has 3 rings (SSSR count). The summed E-state index contributed by atoms with van der Waals surface area (Å²) in [6, 6.07) is 0. The number of nitrogens with zero attached hydrogens (tertiary/aromatic N) is 3. The van der Waals surface area contributed by atoms with Crippen molar-refractivity contribution >= 4 is 38.7 Å². The number of rotatable bonds is 3. The number of carbonyl (C=O) groups is 1. The molecule has 3 heterocycles. The Morgan fingerprint density at radius 1 is 1.39 bits per heavy atom. The quantitative estimate of drug-likeness (QED) is 0.422. The maximum Gasteiger partial charge on any atom is 0.252 e. The Hall–Kier alpha value is -1.79. The van der Waals surface area contributed by atoms with Gasteiger partial charge in [-0.3, -0.25) is 9.36 Å². The molecule has 1 fully saturated rings. The summed E-state index contributed by atoms with van der Waals surface area (Å²) in [6.07, 6.45) is -3.54. The molecule has 124 valence electrons. The monoisotopic (exact) mass is 387 g/mol. The Morgan fingerprint density at radius 2 is 2.09 bits per heavy atom. The predicted molar refractivity (Wildman–Crippen MR) is 81.2 cm³/mol. The summed E-state index contributed by atoms with van der Waals surface area (Å²) in [4.78, 5) is 19.6. The van der Waals surface area contributed by atoms with E-state index in [-0.39, 0.29) is 27.0 Å². The van der Waals surface area contributed by atoms with E-state index in [9.17, 15) is 20.1 Å². The van der Waals surface area contributed by atoms with Gasteiger partial charge in [0.2, 0.25) is 0 Å². The summed E-state index contributed by atoms with van der Waals surface area (Å²) in [5.41, 5.74) is 11.4. The molecule has 1 unspecified atom stereocenters. The first-order valence-electron chi connectivity index (χ1n) is 6.60. The third-order valence-electron chi connectivity index (χ3n) is 3.77. The highest BCUT2D eigenvalue weighted by molar-refractivity contribution is 9.10. The normalized spacial score (nSPS) is 27.7. The smallest absolute Gasteiger partial charge is 0.252 e. The van der Waals surface area contributed by atoms with Crippen molar-refractivity contribution in [3.05, 3.63) is 16.5 Å². The van der Waals surface area contributed by atoms with Crippen LogP contribution in [-0.4, -0.2) is 60.7 Å². The molecule has 4 atom stereocenters. The molecule has 2 aromatic heterocycles. The van der Waals surface area contributed by atoms with Crippen LogP contribution in [-0.2, 0) is 4.74 Å². The zero-order chi connectivity index (χ0) is 16.9. The van der Waals surface area contributed by atoms with Gasteiger partial charge >= 0.3 is 0 Å². The summed E-state index contributed by atoms with van der Waals surface area (Å²) < 4.78 is 7.00. The molecule has 0 bridgehead atoms. The number of anilines is 1. The van der Waals surface area contributed by atoms with Crippen molar-refractivity contribution in [1.29, 1.82) is 0 Å². The maximum atomic E-state index is 11.8. The van der Waals surface area contributed by atoms with E-state index in [4.69, 9.17) is 16.2 Å². The van der Waals surface area contributed by atoms with Gasteiger partial charge in [0.1, 0.15) is 40.7 Å². The first kappa shape index (κ1) is 16.1. The van der Waals surface area contributed by atoms with Gasteiger partial charge in [0.05, 0.1) is 17.6 Å². The minimum absolute atomic E-state index is 0.0370. The molecule has 1 aliphatic rings. The number of nitrogens with two attached hydrogens (primary N) is 2. The summed E-state index contributed by atoms with van der Waals surface area (Å²) in [6.45, 7) is -0.481. The van der Waals surface area contributed by atoms with Crippen LogP contribution >= 0.6 is 15.9 Å². The first-order chi connectivity index (χ1) is 10.9. The average molecular weight is 388 g/mol. The molecule has 0 radical (unpaired) electrons. The second kappa shape index (κ2) is 5.69. The number of hydrogen-bond acceptors (Lipinski definition) is 8. The summed E-state index contributed by atoms with van der Waals surface area (Å²) in [7, 11) is 0. The molecule has 10 nitrogen and oxygen atoms in total. The second-order valence-electron chi connectivity index (χ2n) is 5.09. The predicted octanol–water partition coefficient (Wildman–Crippen LogP) is -1.51. The number of nitrogen functional groups attached to an aromatic ring is 1. The number of aliphatic hydroxyl groups excluding tert-OH is 3. The largest absolute Gasteiger partial charge is 0.394 e. The van der Waals surface area contributed by atoms with Crippen molar-refractivity contribution in [2.24, 2.45) is 5.73 Å². The lowest BCUT2D eigenvalue weighted by molar-refractivity contribution is -0.0518. The van der Waals surface area contributed by atoms with Gasteiger partial charge in [-0.1, -0.05) is 0 Å². The molecule has 1 saturated heterocycles. The van der Waals surface area contributed by atoms with Crippen LogP contribution in [0.3, 0.4) is 0 Å². The molecule has 2 aromatic rings. The topological polar surface area (TPSA) is 170 Å². The highest BCUT2D eigenvalue weighted by Gasteiger charge is 2.45. The zero-order valence-corrected chi connectivity index (χ0v) is 13.2. The standard InChI is InChI=1S/C12H14BrN5O5/c13-8-4(10(15)22)5-9(14)16-2-17-11(5)18(8)12-7(21)6(20)3(1-19)23-12/h2-3,6-7,12,19-21H,1H2,(H2,15,22)(H2,14,16,17)/t3-,6?,7+,12-/m0/s1. The van der Waals surface area contributed by atoms with E-state index in [1.807, 2.05) is 0 Å².